The van der Waals surface area contributed by atoms with Gasteiger partial charge in [0.25, 0.3) is 0 Å². The van der Waals surface area contributed by atoms with Crippen molar-refractivity contribution in [3.05, 3.63) is 47.5 Å². The van der Waals surface area contributed by atoms with Gasteiger partial charge in [-0.3, -0.25) is 4.79 Å². The van der Waals surface area contributed by atoms with E-state index in [1.54, 1.807) is 6.08 Å². The lowest BCUT2D eigenvalue weighted by Gasteiger charge is -2.36. The van der Waals surface area contributed by atoms with Crippen LogP contribution < -0.4 is 5.32 Å². The molecule has 1 saturated heterocycles. The van der Waals surface area contributed by atoms with Crippen molar-refractivity contribution >= 4 is 17.5 Å². The standard InChI is InChI=1S/C15H19ClN2O/c1-2-3-7-15(19)18-9-8-17-11-14(18)12-5-4-6-13(16)10-12/h2,4-6,10,14,17H,1,3,7-9,11H2. The van der Waals surface area contributed by atoms with Crippen molar-refractivity contribution < 1.29 is 4.79 Å². The number of benzene rings is 1. The van der Waals surface area contributed by atoms with Gasteiger partial charge in [0, 0.05) is 31.1 Å². The van der Waals surface area contributed by atoms with E-state index in [1.807, 2.05) is 29.2 Å². The Morgan fingerprint density at radius 1 is 1.58 bits per heavy atom. The fraction of sp³-hybridized carbons (Fsp3) is 0.400. The van der Waals surface area contributed by atoms with E-state index in [-0.39, 0.29) is 11.9 Å². The molecule has 0 bridgehead atoms. The van der Waals surface area contributed by atoms with E-state index in [2.05, 4.69) is 11.9 Å². The molecule has 1 aromatic carbocycles. The first-order valence-corrected chi connectivity index (χ1v) is 6.96. The largest absolute Gasteiger partial charge is 0.333 e. The Labute approximate surface area is 119 Å². The molecular weight excluding hydrogens is 260 g/mol. The smallest absolute Gasteiger partial charge is 0.223 e. The SMILES string of the molecule is C=CCCC(=O)N1CCNCC1c1cccc(Cl)c1. The highest BCUT2D eigenvalue weighted by Crippen LogP contribution is 2.25. The van der Waals surface area contributed by atoms with Crippen molar-refractivity contribution in [3.63, 3.8) is 0 Å². The van der Waals surface area contributed by atoms with Gasteiger partial charge in [-0.1, -0.05) is 29.8 Å². The van der Waals surface area contributed by atoms with E-state index in [9.17, 15) is 4.79 Å². The summed E-state index contributed by atoms with van der Waals surface area (Å²) in [4.78, 5) is 14.2. The van der Waals surface area contributed by atoms with Gasteiger partial charge in [-0.25, -0.2) is 0 Å². The van der Waals surface area contributed by atoms with E-state index in [0.717, 1.165) is 31.6 Å². The van der Waals surface area contributed by atoms with E-state index in [0.29, 0.717) is 11.4 Å². The van der Waals surface area contributed by atoms with Gasteiger partial charge in [-0.05, 0) is 24.1 Å². The first-order valence-electron chi connectivity index (χ1n) is 6.59. The second-order valence-corrected chi connectivity index (χ2v) is 5.13. The Balaban J connectivity index is 2.15. The van der Waals surface area contributed by atoms with Crippen LogP contribution in [-0.2, 0) is 4.79 Å². The first kappa shape index (κ1) is 14.1. The summed E-state index contributed by atoms with van der Waals surface area (Å²) in [6, 6.07) is 7.82. The monoisotopic (exact) mass is 278 g/mol. The zero-order valence-corrected chi connectivity index (χ0v) is 11.7. The average molecular weight is 279 g/mol. The second kappa shape index (κ2) is 6.73. The van der Waals surface area contributed by atoms with Crippen LogP contribution in [0, 0.1) is 0 Å². The van der Waals surface area contributed by atoms with Crippen molar-refractivity contribution in [3.8, 4) is 0 Å². The molecule has 1 amide bonds. The minimum Gasteiger partial charge on any atom is -0.333 e. The van der Waals surface area contributed by atoms with Gasteiger partial charge < -0.3 is 10.2 Å². The molecule has 1 heterocycles. The maximum atomic E-state index is 12.2. The van der Waals surface area contributed by atoms with Crippen LogP contribution in [0.5, 0.6) is 0 Å². The van der Waals surface area contributed by atoms with Crippen LogP contribution in [0.1, 0.15) is 24.4 Å². The summed E-state index contributed by atoms with van der Waals surface area (Å²) in [7, 11) is 0. The first-order chi connectivity index (χ1) is 9.22. The number of carbonyl (C=O) groups is 1. The summed E-state index contributed by atoms with van der Waals surface area (Å²) in [5, 5.41) is 4.05. The summed E-state index contributed by atoms with van der Waals surface area (Å²) < 4.78 is 0. The van der Waals surface area contributed by atoms with Crippen LogP contribution in [0.15, 0.2) is 36.9 Å². The fourth-order valence-electron chi connectivity index (χ4n) is 2.38. The zero-order chi connectivity index (χ0) is 13.7. The third-order valence-electron chi connectivity index (χ3n) is 3.36. The lowest BCUT2D eigenvalue weighted by Crippen LogP contribution is -2.48. The molecule has 0 radical (unpaired) electrons. The Bertz CT molecular complexity index is 461. The molecule has 0 saturated carbocycles. The molecule has 19 heavy (non-hydrogen) atoms. The maximum Gasteiger partial charge on any atom is 0.223 e. The number of nitrogens with zero attached hydrogens (tertiary/aromatic N) is 1. The molecule has 0 spiro atoms. The van der Waals surface area contributed by atoms with E-state index >= 15 is 0 Å². The molecule has 1 aromatic rings. The summed E-state index contributed by atoms with van der Waals surface area (Å²) >= 11 is 6.04. The molecule has 1 N–H and O–H groups in total. The molecule has 2 rings (SSSR count). The third-order valence-corrected chi connectivity index (χ3v) is 3.59. The van der Waals surface area contributed by atoms with Crippen LogP contribution in [0.25, 0.3) is 0 Å². The Morgan fingerprint density at radius 3 is 3.16 bits per heavy atom. The normalized spacial score (nSPS) is 19.2. The lowest BCUT2D eigenvalue weighted by molar-refractivity contribution is -0.134. The molecule has 1 fully saturated rings. The van der Waals surface area contributed by atoms with Crippen molar-refractivity contribution in [1.82, 2.24) is 10.2 Å². The van der Waals surface area contributed by atoms with Gasteiger partial charge in [-0.2, -0.15) is 0 Å². The highest BCUT2D eigenvalue weighted by molar-refractivity contribution is 6.30. The lowest BCUT2D eigenvalue weighted by atomic mass is 10.0. The van der Waals surface area contributed by atoms with Crippen molar-refractivity contribution in [2.75, 3.05) is 19.6 Å². The highest BCUT2D eigenvalue weighted by atomic mass is 35.5. The van der Waals surface area contributed by atoms with E-state index in [4.69, 9.17) is 11.6 Å². The zero-order valence-electron chi connectivity index (χ0n) is 10.9. The number of piperazine rings is 1. The van der Waals surface area contributed by atoms with Crippen LogP contribution >= 0.6 is 11.6 Å². The fourth-order valence-corrected chi connectivity index (χ4v) is 2.58. The minimum atomic E-state index is 0.0739. The number of rotatable bonds is 4. The number of hydrogen-bond acceptors (Lipinski definition) is 2. The number of carbonyl (C=O) groups excluding carboxylic acids is 1. The summed E-state index contributed by atoms with van der Waals surface area (Å²) in [6.07, 6.45) is 3.04. The number of nitrogens with one attached hydrogen (secondary N) is 1. The van der Waals surface area contributed by atoms with E-state index < -0.39 is 0 Å². The predicted molar refractivity (Wildman–Crippen MR) is 78.2 cm³/mol. The van der Waals surface area contributed by atoms with Crippen molar-refractivity contribution in [2.24, 2.45) is 0 Å². The van der Waals surface area contributed by atoms with Crippen molar-refractivity contribution in [1.29, 1.82) is 0 Å². The Kier molecular flexibility index (Phi) is 5.00. The molecule has 1 aliphatic heterocycles. The number of halogens is 1. The van der Waals surface area contributed by atoms with Crippen LogP contribution in [0.2, 0.25) is 5.02 Å². The van der Waals surface area contributed by atoms with Crippen LogP contribution in [-0.4, -0.2) is 30.4 Å². The topological polar surface area (TPSA) is 32.3 Å². The van der Waals surface area contributed by atoms with Gasteiger partial charge in [0.1, 0.15) is 0 Å². The quantitative estimate of drug-likeness (QED) is 0.859. The summed E-state index contributed by atoms with van der Waals surface area (Å²) in [5.41, 5.74) is 1.09. The van der Waals surface area contributed by atoms with Gasteiger partial charge in [0.15, 0.2) is 0 Å². The molecule has 102 valence electrons. The second-order valence-electron chi connectivity index (χ2n) is 4.69. The number of hydrogen-bond donors (Lipinski definition) is 1. The molecule has 1 atom stereocenters. The summed E-state index contributed by atoms with van der Waals surface area (Å²) in [6.45, 7) is 6.03. The molecule has 1 aliphatic rings. The molecular formula is C15H19ClN2O. The molecule has 1 unspecified atom stereocenters. The average Bonchev–Trinajstić information content (AvgIpc) is 2.45. The van der Waals surface area contributed by atoms with Crippen molar-refractivity contribution in [2.45, 2.75) is 18.9 Å². The van der Waals surface area contributed by atoms with E-state index in [1.165, 1.54) is 0 Å². The Hall–Kier alpha value is -1.32. The molecule has 3 nitrogen and oxygen atoms in total. The predicted octanol–water partition coefficient (Wildman–Crippen LogP) is 2.78. The minimum absolute atomic E-state index is 0.0739. The third kappa shape index (κ3) is 3.58. The van der Waals surface area contributed by atoms with Gasteiger partial charge in [0.2, 0.25) is 5.91 Å². The molecule has 4 heteroatoms. The highest BCUT2D eigenvalue weighted by Gasteiger charge is 2.27. The molecule has 0 aliphatic carbocycles. The van der Waals surface area contributed by atoms with Gasteiger partial charge in [-0.15, -0.1) is 6.58 Å². The molecule has 0 aromatic heterocycles. The summed E-state index contributed by atoms with van der Waals surface area (Å²) in [5.74, 6) is 0.186. The Morgan fingerprint density at radius 2 is 2.42 bits per heavy atom. The maximum absolute atomic E-state index is 12.2. The number of allylic oxidation sites excluding steroid dienone is 1. The van der Waals surface area contributed by atoms with Crippen LogP contribution in [0.3, 0.4) is 0 Å². The number of amides is 1. The van der Waals surface area contributed by atoms with Gasteiger partial charge in [0.05, 0.1) is 6.04 Å². The van der Waals surface area contributed by atoms with Crippen LogP contribution in [0.4, 0.5) is 0 Å². The van der Waals surface area contributed by atoms with Gasteiger partial charge >= 0.3 is 0 Å².